The number of aromatic nitrogens is 4. The number of hydrogen-bond donors (Lipinski definition) is 2. The number of anilines is 1. The number of aromatic amines is 1. The highest BCUT2D eigenvalue weighted by Gasteiger charge is 2.20. The van der Waals surface area contributed by atoms with Crippen LogP contribution in [0.1, 0.15) is 23.4 Å². The second kappa shape index (κ2) is 7.75. The standard InChI is InChI=1S/C20H21N5O3S/c1-12-17(19(28)25(24(12)2)13-7-4-3-5-8-13)22-16(26)11-29-20-21-15-10-6-9-14(15)18(27)23-20/h3-5,7-8H,6,9-11H2,1-2H3,(H,22,26)(H,21,23,27). The number of carbonyl (C=O) groups is 1. The number of carbonyl (C=O) groups excluding carboxylic acids is 1. The van der Waals surface area contributed by atoms with Crippen molar-refractivity contribution < 1.29 is 4.79 Å². The molecule has 2 N–H and O–H groups in total. The molecule has 3 aromatic rings. The van der Waals surface area contributed by atoms with Crippen LogP contribution in [0.5, 0.6) is 0 Å². The number of amides is 1. The Morgan fingerprint density at radius 2 is 2.00 bits per heavy atom. The monoisotopic (exact) mass is 411 g/mol. The molecule has 0 fully saturated rings. The lowest BCUT2D eigenvalue weighted by Crippen LogP contribution is -2.23. The van der Waals surface area contributed by atoms with Gasteiger partial charge in [-0.05, 0) is 38.3 Å². The van der Waals surface area contributed by atoms with Crippen molar-refractivity contribution in [3.63, 3.8) is 0 Å². The lowest BCUT2D eigenvalue weighted by Gasteiger charge is -2.07. The van der Waals surface area contributed by atoms with Gasteiger partial charge in [-0.3, -0.25) is 19.1 Å². The lowest BCUT2D eigenvalue weighted by molar-refractivity contribution is -0.113. The fourth-order valence-electron chi connectivity index (χ4n) is 3.51. The summed E-state index contributed by atoms with van der Waals surface area (Å²) in [6.07, 6.45) is 2.48. The van der Waals surface area contributed by atoms with Gasteiger partial charge < -0.3 is 10.3 Å². The van der Waals surface area contributed by atoms with E-state index in [0.29, 0.717) is 10.9 Å². The number of aryl methyl sites for hydroxylation is 1. The second-order valence-corrected chi connectivity index (χ2v) is 7.89. The van der Waals surface area contributed by atoms with E-state index in [2.05, 4.69) is 15.3 Å². The summed E-state index contributed by atoms with van der Waals surface area (Å²) in [4.78, 5) is 44.6. The van der Waals surface area contributed by atoms with Gasteiger partial charge in [0, 0.05) is 12.6 Å². The Balaban J connectivity index is 1.50. The number of fused-ring (bicyclic) bond motifs is 1. The molecule has 1 amide bonds. The molecule has 0 radical (unpaired) electrons. The van der Waals surface area contributed by atoms with Gasteiger partial charge in [-0.2, -0.15) is 0 Å². The molecule has 0 spiro atoms. The quantitative estimate of drug-likeness (QED) is 0.492. The van der Waals surface area contributed by atoms with Crippen molar-refractivity contribution in [1.29, 1.82) is 0 Å². The zero-order valence-corrected chi connectivity index (χ0v) is 17.0. The molecule has 1 aromatic carbocycles. The van der Waals surface area contributed by atoms with Gasteiger partial charge in [-0.1, -0.05) is 30.0 Å². The molecule has 0 saturated carbocycles. The van der Waals surface area contributed by atoms with Crippen LogP contribution in [0.25, 0.3) is 5.69 Å². The van der Waals surface area contributed by atoms with Crippen LogP contribution in [0, 0.1) is 6.92 Å². The number of para-hydroxylation sites is 1. The average molecular weight is 411 g/mol. The van der Waals surface area contributed by atoms with Crippen molar-refractivity contribution in [2.45, 2.75) is 31.3 Å². The van der Waals surface area contributed by atoms with Crippen LogP contribution >= 0.6 is 11.8 Å². The van der Waals surface area contributed by atoms with Crippen molar-refractivity contribution in [3.05, 3.63) is 68.0 Å². The molecule has 9 heteroatoms. The molecule has 1 aliphatic rings. The highest BCUT2D eigenvalue weighted by molar-refractivity contribution is 7.99. The van der Waals surface area contributed by atoms with Gasteiger partial charge in [-0.15, -0.1) is 0 Å². The van der Waals surface area contributed by atoms with E-state index in [1.807, 2.05) is 30.3 Å². The fourth-order valence-corrected chi connectivity index (χ4v) is 4.19. The van der Waals surface area contributed by atoms with Gasteiger partial charge in [0.25, 0.3) is 11.1 Å². The Kier molecular flexibility index (Phi) is 5.14. The Hall–Kier alpha value is -3.07. The predicted molar refractivity (Wildman–Crippen MR) is 112 cm³/mol. The number of nitrogens with zero attached hydrogens (tertiary/aromatic N) is 3. The largest absolute Gasteiger partial charge is 0.319 e. The molecule has 0 aliphatic heterocycles. The summed E-state index contributed by atoms with van der Waals surface area (Å²) < 4.78 is 3.22. The predicted octanol–water partition coefficient (Wildman–Crippen LogP) is 1.79. The van der Waals surface area contributed by atoms with E-state index in [4.69, 9.17) is 0 Å². The lowest BCUT2D eigenvalue weighted by atomic mass is 10.3. The maximum Gasteiger partial charge on any atom is 0.295 e. The van der Waals surface area contributed by atoms with E-state index >= 15 is 0 Å². The van der Waals surface area contributed by atoms with Gasteiger partial charge in [0.1, 0.15) is 5.69 Å². The van der Waals surface area contributed by atoms with Gasteiger partial charge in [-0.25, -0.2) is 9.67 Å². The molecule has 0 bridgehead atoms. The summed E-state index contributed by atoms with van der Waals surface area (Å²) in [5.74, 6) is -0.287. The molecule has 2 aromatic heterocycles. The number of hydrogen-bond acceptors (Lipinski definition) is 5. The average Bonchev–Trinajstić information content (AvgIpc) is 3.27. The molecule has 2 heterocycles. The van der Waals surface area contributed by atoms with Crippen LogP contribution in [0.15, 0.2) is 45.1 Å². The van der Waals surface area contributed by atoms with E-state index < -0.39 is 0 Å². The summed E-state index contributed by atoms with van der Waals surface area (Å²) in [6.45, 7) is 1.78. The van der Waals surface area contributed by atoms with Crippen molar-refractivity contribution in [2.75, 3.05) is 11.1 Å². The van der Waals surface area contributed by atoms with Crippen LogP contribution in [0.4, 0.5) is 5.69 Å². The minimum absolute atomic E-state index is 0.0425. The zero-order valence-electron chi connectivity index (χ0n) is 16.2. The third-order valence-electron chi connectivity index (χ3n) is 5.08. The van der Waals surface area contributed by atoms with Crippen LogP contribution < -0.4 is 16.4 Å². The molecule has 4 rings (SSSR count). The third-order valence-corrected chi connectivity index (χ3v) is 5.95. The van der Waals surface area contributed by atoms with Crippen molar-refractivity contribution in [2.24, 2.45) is 7.05 Å². The molecule has 0 atom stereocenters. The van der Waals surface area contributed by atoms with Gasteiger partial charge in [0.05, 0.1) is 22.8 Å². The zero-order chi connectivity index (χ0) is 20.5. The van der Waals surface area contributed by atoms with Crippen molar-refractivity contribution in [3.8, 4) is 5.69 Å². The number of benzene rings is 1. The number of thioether (sulfide) groups is 1. The summed E-state index contributed by atoms with van der Waals surface area (Å²) in [5.41, 5.74) is 2.77. The van der Waals surface area contributed by atoms with Gasteiger partial charge in [0.2, 0.25) is 5.91 Å². The highest BCUT2D eigenvalue weighted by atomic mass is 32.2. The van der Waals surface area contributed by atoms with E-state index in [-0.39, 0.29) is 28.5 Å². The van der Waals surface area contributed by atoms with E-state index in [0.717, 1.165) is 48.0 Å². The minimum atomic E-state index is -0.329. The van der Waals surface area contributed by atoms with E-state index in [1.165, 1.54) is 4.68 Å². The summed E-state index contributed by atoms with van der Waals surface area (Å²) in [5, 5.41) is 3.14. The Morgan fingerprint density at radius 3 is 2.76 bits per heavy atom. The van der Waals surface area contributed by atoms with Gasteiger partial charge >= 0.3 is 0 Å². The second-order valence-electron chi connectivity index (χ2n) is 6.92. The smallest absolute Gasteiger partial charge is 0.295 e. The van der Waals surface area contributed by atoms with Crippen LogP contribution in [-0.2, 0) is 24.7 Å². The van der Waals surface area contributed by atoms with Gasteiger partial charge in [0.15, 0.2) is 5.16 Å². The summed E-state index contributed by atoms with van der Waals surface area (Å²) >= 11 is 1.15. The first-order valence-corrected chi connectivity index (χ1v) is 10.3. The normalized spacial score (nSPS) is 12.8. The number of rotatable bonds is 5. The topological polar surface area (TPSA) is 102 Å². The number of H-pyrrole nitrogens is 1. The van der Waals surface area contributed by atoms with Crippen molar-refractivity contribution in [1.82, 2.24) is 19.3 Å². The van der Waals surface area contributed by atoms with E-state index in [9.17, 15) is 14.4 Å². The fraction of sp³-hybridized carbons (Fsp3) is 0.300. The molecule has 0 unspecified atom stereocenters. The highest BCUT2D eigenvalue weighted by Crippen LogP contribution is 2.20. The third kappa shape index (κ3) is 3.65. The maximum absolute atomic E-state index is 12.9. The first-order chi connectivity index (χ1) is 14.0. The maximum atomic E-state index is 12.9. The summed E-state index contributed by atoms with van der Waals surface area (Å²) in [6, 6.07) is 9.24. The van der Waals surface area contributed by atoms with Crippen LogP contribution in [0.3, 0.4) is 0 Å². The molecule has 150 valence electrons. The van der Waals surface area contributed by atoms with Crippen molar-refractivity contribution >= 4 is 23.4 Å². The van der Waals surface area contributed by atoms with Crippen LogP contribution in [0.2, 0.25) is 0 Å². The molecular weight excluding hydrogens is 390 g/mol. The molecule has 29 heavy (non-hydrogen) atoms. The Labute approximate surface area is 171 Å². The SMILES string of the molecule is Cc1c(NC(=O)CSc2nc3c(c(=O)[nH]2)CCC3)c(=O)n(-c2ccccc2)n1C. The molecular formula is C20H21N5O3S. The van der Waals surface area contributed by atoms with Crippen LogP contribution in [-0.4, -0.2) is 31.0 Å². The Bertz CT molecular complexity index is 1190. The molecule has 1 aliphatic carbocycles. The first-order valence-electron chi connectivity index (χ1n) is 9.34. The first kappa shape index (κ1) is 19.3. The number of nitrogens with one attached hydrogen (secondary N) is 2. The molecule has 8 nitrogen and oxygen atoms in total. The minimum Gasteiger partial charge on any atom is -0.319 e. The molecule has 0 saturated heterocycles. The summed E-state index contributed by atoms with van der Waals surface area (Å²) in [7, 11) is 1.77. The van der Waals surface area contributed by atoms with E-state index in [1.54, 1.807) is 18.7 Å². The Morgan fingerprint density at radius 1 is 1.24 bits per heavy atom.